The second-order valence-corrected chi connectivity index (χ2v) is 7.47. The first-order valence-corrected chi connectivity index (χ1v) is 9.73. The van der Waals surface area contributed by atoms with Gasteiger partial charge in [0.15, 0.2) is 0 Å². The van der Waals surface area contributed by atoms with E-state index in [1.54, 1.807) is 4.90 Å². The molecule has 1 unspecified atom stereocenters. The number of carbonyl (C=O) groups is 4. The van der Waals surface area contributed by atoms with E-state index in [0.717, 1.165) is 16.8 Å². The fourth-order valence-corrected chi connectivity index (χ4v) is 3.64. The molecular formula is C23H24N2O6. The third kappa shape index (κ3) is 4.74. The molecule has 0 bridgehead atoms. The normalized spacial score (nSPS) is 15.5. The van der Waals surface area contributed by atoms with Gasteiger partial charge in [0.05, 0.1) is 31.3 Å². The Balaban J connectivity index is 1.80. The molecule has 8 nitrogen and oxygen atoms in total. The summed E-state index contributed by atoms with van der Waals surface area (Å²) in [4.78, 5) is 50.9. The SMILES string of the molecule is COC(=O)c1cc(NC(=O)C2CC(=O)N(c3ccc(C)cc3C)C2)cc(C(=O)OC)c1. The van der Waals surface area contributed by atoms with Gasteiger partial charge in [-0.2, -0.15) is 0 Å². The van der Waals surface area contributed by atoms with Gasteiger partial charge in [-0.1, -0.05) is 17.7 Å². The maximum Gasteiger partial charge on any atom is 0.337 e. The zero-order valence-corrected chi connectivity index (χ0v) is 17.9. The van der Waals surface area contributed by atoms with E-state index in [1.807, 2.05) is 32.0 Å². The zero-order valence-electron chi connectivity index (χ0n) is 17.9. The van der Waals surface area contributed by atoms with Gasteiger partial charge in [0, 0.05) is 24.3 Å². The molecule has 2 aromatic carbocycles. The molecule has 2 amide bonds. The summed E-state index contributed by atoms with van der Waals surface area (Å²) in [6, 6.07) is 9.95. The molecule has 1 atom stereocenters. The van der Waals surface area contributed by atoms with Gasteiger partial charge in [-0.25, -0.2) is 9.59 Å². The maximum absolute atomic E-state index is 12.9. The molecule has 31 heavy (non-hydrogen) atoms. The van der Waals surface area contributed by atoms with E-state index >= 15 is 0 Å². The molecule has 0 aromatic heterocycles. The van der Waals surface area contributed by atoms with Gasteiger partial charge in [-0.3, -0.25) is 9.59 Å². The first-order valence-electron chi connectivity index (χ1n) is 9.73. The van der Waals surface area contributed by atoms with E-state index in [-0.39, 0.29) is 41.6 Å². The summed E-state index contributed by atoms with van der Waals surface area (Å²) in [5, 5.41) is 2.71. The second kappa shape index (κ2) is 8.99. The van der Waals surface area contributed by atoms with Crippen molar-refractivity contribution >= 4 is 35.1 Å². The molecule has 0 radical (unpaired) electrons. The van der Waals surface area contributed by atoms with Crippen LogP contribution in [0.1, 0.15) is 38.3 Å². The molecule has 0 spiro atoms. The number of esters is 2. The number of rotatable bonds is 5. The Morgan fingerprint density at radius 1 is 0.968 bits per heavy atom. The monoisotopic (exact) mass is 424 g/mol. The quantitative estimate of drug-likeness (QED) is 0.741. The van der Waals surface area contributed by atoms with E-state index < -0.39 is 17.9 Å². The summed E-state index contributed by atoms with van der Waals surface area (Å²) in [6.07, 6.45) is 0.0691. The summed E-state index contributed by atoms with van der Waals surface area (Å²) in [6.45, 7) is 4.15. The van der Waals surface area contributed by atoms with Crippen LogP contribution in [0, 0.1) is 19.8 Å². The minimum atomic E-state index is -0.654. The van der Waals surface area contributed by atoms with Crippen LogP contribution in [0.3, 0.4) is 0 Å². The molecule has 0 aliphatic carbocycles. The molecule has 1 aliphatic heterocycles. The Morgan fingerprint density at radius 2 is 1.58 bits per heavy atom. The van der Waals surface area contributed by atoms with Crippen molar-refractivity contribution in [2.75, 3.05) is 31.0 Å². The average molecular weight is 424 g/mol. The fraction of sp³-hybridized carbons (Fsp3) is 0.304. The molecule has 0 saturated carbocycles. The number of nitrogens with one attached hydrogen (secondary N) is 1. The molecule has 2 aromatic rings. The van der Waals surface area contributed by atoms with Crippen LogP contribution in [0.4, 0.5) is 11.4 Å². The van der Waals surface area contributed by atoms with Crippen LogP contribution >= 0.6 is 0 Å². The minimum Gasteiger partial charge on any atom is -0.465 e. The topological polar surface area (TPSA) is 102 Å². The number of methoxy groups -OCH3 is 2. The van der Waals surface area contributed by atoms with E-state index in [2.05, 4.69) is 5.32 Å². The molecule has 1 saturated heterocycles. The summed E-state index contributed by atoms with van der Waals surface area (Å²) >= 11 is 0. The lowest BCUT2D eigenvalue weighted by Gasteiger charge is -2.19. The number of hydrogen-bond donors (Lipinski definition) is 1. The van der Waals surface area contributed by atoms with E-state index in [4.69, 9.17) is 9.47 Å². The average Bonchev–Trinajstić information content (AvgIpc) is 3.13. The van der Waals surface area contributed by atoms with Gasteiger partial charge < -0.3 is 19.7 Å². The number of carbonyl (C=O) groups excluding carboxylic acids is 4. The predicted octanol–water partition coefficient (Wildman–Crippen LogP) is 2.87. The molecule has 162 valence electrons. The third-order valence-corrected chi connectivity index (χ3v) is 5.18. The second-order valence-electron chi connectivity index (χ2n) is 7.47. The highest BCUT2D eigenvalue weighted by molar-refractivity contribution is 6.05. The summed E-state index contributed by atoms with van der Waals surface area (Å²) < 4.78 is 9.41. The lowest BCUT2D eigenvalue weighted by molar-refractivity contribution is -0.122. The van der Waals surface area contributed by atoms with Crippen LogP contribution in [-0.4, -0.2) is 44.5 Å². The van der Waals surface area contributed by atoms with Crippen molar-refractivity contribution in [3.8, 4) is 0 Å². The van der Waals surface area contributed by atoms with Crippen LogP contribution in [-0.2, 0) is 19.1 Å². The van der Waals surface area contributed by atoms with Gasteiger partial charge in [0.2, 0.25) is 11.8 Å². The standard InChI is InChI=1S/C23H24N2O6/c1-13-5-6-19(14(2)7-13)25-12-17(11-20(25)26)21(27)24-18-9-15(22(28)30-3)8-16(10-18)23(29)31-4/h5-10,17H,11-12H2,1-4H3,(H,24,27). The largest absolute Gasteiger partial charge is 0.465 e. The summed E-state index contributed by atoms with van der Waals surface area (Å²) in [7, 11) is 2.44. The number of benzene rings is 2. The predicted molar refractivity (Wildman–Crippen MR) is 114 cm³/mol. The number of aryl methyl sites for hydroxylation is 2. The number of amides is 2. The molecule has 3 rings (SSSR count). The van der Waals surface area contributed by atoms with Gasteiger partial charge in [0.1, 0.15) is 0 Å². The van der Waals surface area contributed by atoms with Crippen LogP contribution in [0.15, 0.2) is 36.4 Å². The number of hydrogen-bond acceptors (Lipinski definition) is 6. The van der Waals surface area contributed by atoms with Crippen molar-refractivity contribution in [3.63, 3.8) is 0 Å². The van der Waals surface area contributed by atoms with Gasteiger partial charge in [0.25, 0.3) is 0 Å². The number of nitrogens with zero attached hydrogens (tertiary/aromatic N) is 1. The van der Waals surface area contributed by atoms with Crippen molar-refractivity contribution in [2.24, 2.45) is 5.92 Å². The van der Waals surface area contributed by atoms with Crippen molar-refractivity contribution < 1.29 is 28.7 Å². The first-order chi connectivity index (χ1) is 14.7. The smallest absolute Gasteiger partial charge is 0.337 e. The van der Waals surface area contributed by atoms with E-state index in [1.165, 1.54) is 32.4 Å². The van der Waals surface area contributed by atoms with Crippen LogP contribution in [0.2, 0.25) is 0 Å². The van der Waals surface area contributed by atoms with Crippen molar-refractivity contribution in [1.82, 2.24) is 0 Å². The molecule has 1 aliphatic rings. The molecule has 1 N–H and O–H groups in total. The number of anilines is 2. The number of ether oxygens (including phenoxy) is 2. The lowest BCUT2D eigenvalue weighted by Crippen LogP contribution is -2.28. The Morgan fingerprint density at radius 3 is 2.13 bits per heavy atom. The van der Waals surface area contributed by atoms with E-state index in [0.29, 0.717) is 0 Å². The Labute approximate surface area is 180 Å². The molecule has 1 fully saturated rings. The van der Waals surface area contributed by atoms with Gasteiger partial charge >= 0.3 is 11.9 Å². The van der Waals surface area contributed by atoms with Crippen molar-refractivity contribution in [1.29, 1.82) is 0 Å². The maximum atomic E-state index is 12.9. The molecule has 1 heterocycles. The Bertz CT molecular complexity index is 1030. The third-order valence-electron chi connectivity index (χ3n) is 5.18. The molecule has 8 heteroatoms. The van der Waals surface area contributed by atoms with Crippen molar-refractivity contribution in [3.05, 3.63) is 58.7 Å². The van der Waals surface area contributed by atoms with Crippen LogP contribution in [0.25, 0.3) is 0 Å². The highest BCUT2D eigenvalue weighted by Gasteiger charge is 2.35. The molecular weight excluding hydrogens is 400 g/mol. The highest BCUT2D eigenvalue weighted by Crippen LogP contribution is 2.29. The van der Waals surface area contributed by atoms with Crippen LogP contribution in [0.5, 0.6) is 0 Å². The fourth-order valence-electron chi connectivity index (χ4n) is 3.64. The first kappa shape index (κ1) is 22.0. The van der Waals surface area contributed by atoms with E-state index in [9.17, 15) is 19.2 Å². The summed E-state index contributed by atoms with van der Waals surface area (Å²) in [5.74, 6) is -2.39. The Kier molecular flexibility index (Phi) is 6.39. The zero-order chi connectivity index (χ0) is 22.7. The summed E-state index contributed by atoms with van der Waals surface area (Å²) in [5.41, 5.74) is 3.27. The Hall–Kier alpha value is -3.68. The van der Waals surface area contributed by atoms with Crippen molar-refractivity contribution in [2.45, 2.75) is 20.3 Å². The minimum absolute atomic E-state index is 0.0691. The highest BCUT2D eigenvalue weighted by atomic mass is 16.5. The van der Waals surface area contributed by atoms with Gasteiger partial charge in [-0.05, 0) is 43.7 Å². The van der Waals surface area contributed by atoms with Gasteiger partial charge in [-0.15, -0.1) is 0 Å². The van der Waals surface area contributed by atoms with Crippen LogP contribution < -0.4 is 10.2 Å². The lowest BCUT2D eigenvalue weighted by atomic mass is 10.1.